The molecule has 0 aliphatic heterocycles. The van der Waals surface area contributed by atoms with E-state index in [1.54, 1.807) is 37.1 Å². The molecule has 1 amide bonds. The highest BCUT2D eigenvalue weighted by Crippen LogP contribution is 2.14. The van der Waals surface area contributed by atoms with Crippen LogP contribution >= 0.6 is 11.6 Å². The number of carbonyl (C=O) groups is 1. The van der Waals surface area contributed by atoms with Crippen molar-refractivity contribution in [1.29, 1.82) is 0 Å². The second-order valence-corrected chi connectivity index (χ2v) is 5.19. The molecule has 0 saturated heterocycles. The second-order valence-electron chi connectivity index (χ2n) is 4.75. The van der Waals surface area contributed by atoms with E-state index in [0.29, 0.717) is 22.7 Å². The van der Waals surface area contributed by atoms with Gasteiger partial charge < -0.3 is 4.90 Å². The summed E-state index contributed by atoms with van der Waals surface area (Å²) in [4.78, 5) is 13.9. The molecule has 104 valence electrons. The number of hydrogen-bond acceptors (Lipinski definition) is 1. The molecule has 0 spiro atoms. The number of amides is 1. The predicted molar refractivity (Wildman–Crippen MR) is 78.4 cm³/mol. The van der Waals surface area contributed by atoms with E-state index < -0.39 is 0 Å². The number of carbonyl (C=O) groups excluding carboxylic acids is 1. The first-order valence-electron chi connectivity index (χ1n) is 6.23. The second kappa shape index (κ2) is 6.06. The molecule has 0 unspecified atom stereocenters. The van der Waals surface area contributed by atoms with Gasteiger partial charge in [0.05, 0.1) is 0 Å². The van der Waals surface area contributed by atoms with Crippen molar-refractivity contribution in [2.75, 3.05) is 7.05 Å². The molecule has 0 radical (unpaired) electrons. The van der Waals surface area contributed by atoms with Crippen molar-refractivity contribution in [3.05, 3.63) is 70.0 Å². The standard InChI is InChI=1S/C16H15ClFNO/c1-11-9-13(5-8-15(11)18)16(20)19(2)10-12-3-6-14(17)7-4-12/h3-9H,10H2,1-2H3. The molecule has 20 heavy (non-hydrogen) atoms. The van der Waals surface area contributed by atoms with E-state index in [4.69, 9.17) is 11.6 Å². The van der Waals surface area contributed by atoms with Crippen molar-refractivity contribution in [2.24, 2.45) is 0 Å². The molecule has 4 heteroatoms. The van der Waals surface area contributed by atoms with Gasteiger partial charge in [-0.15, -0.1) is 0 Å². The minimum absolute atomic E-state index is 0.136. The molecule has 0 N–H and O–H groups in total. The van der Waals surface area contributed by atoms with Gasteiger partial charge in [-0.05, 0) is 48.4 Å². The lowest BCUT2D eigenvalue weighted by Gasteiger charge is -2.17. The SMILES string of the molecule is Cc1cc(C(=O)N(C)Cc2ccc(Cl)cc2)ccc1F. The molecule has 0 saturated carbocycles. The van der Waals surface area contributed by atoms with Crippen molar-refractivity contribution in [2.45, 2.75) is 13.5 Å². The van der Waals surface area contributed by atoms with Crippen molar-refractivity contribution in [3.63, 3.8) is 0 Å². The van der Waals surface area contributed by atoms with E-state index in [1.165, 1.54) is 12.1 Å². The molecule has 2 aromatic rings. The maximum atomic E-state index is 13.2. The Hall–Kier alpha value is -1.87. The largest absolute Gasteiger partial charge is 0.337 e. The Morgan fingerprint density at radius 2 is 1.85 bits per heavy atom. The van der Waals surface area contributed by atoms with Gasteiger partial charge in [0, 0.05) is 24.2 Å². The van der Waals surface area contributed by atoms with Crippen LogP contribution in [0.4, 0.5) is 4.39 Å². The highest BCUT2D eigenvalue weighted by molar-refractivity contribution is 6.30. The van der Waals surface area contributed by atoms with E-state index in [-0.39, 0.29) is 11.7 Å². The average molecular weight is 292 g/mol. The smallest absolute Gasteiger partial charge is 0.253 e. The zero-order valence-electron chi connectivity index (χ0n) is 11.4. The highest BCUT2D eigenvalue weighted by atomic mass is 35.5. The Morgan fingerprint density at radius 1 is 1.20 bits per heavy atom. The molecule has 2 nitrogen and oxygen atoms in total. The average Bonchev–Trinajstić information content (AvgIpc) is 2.43. The fourth-order valence-electron chi connectivity index (χ4n) is 1.93. The molecule has 2 rings (SSSR count). The molecule has 2 aromatic carbocycles. The number of benzene rings is 2. The van der Waals surface area contributed by atoms with Crippen LogP contribution in [0.2, 0.25) is 5.02 Å². The van der Waals surface area contributed by atoms with Crippen LogP contribution in [-0.4, -0.2) is 17.9 Å². The van der Waals surface area contributed by atoms with Crippen LogP contribution in [0.3, 0.4) is 0 Å². The topological polar surface area (TPSA) is 20.3 Å². The van der Waals surface area contributed by atoms with Gasteiger partial charge in [0.15, 0.2) is 0 Å². The zero-order valence-corrected chi connectivity index (χ0v) is 12.1. The summed E-state index contributed by atoms with van der Waals surface area (Å²) < 4.78 is 13.2. The summed E-state index contributed by atoms with van der Waals surface area (Å²) in [6, 6.07) is 11.7. The van der Waals surface area contributed by atoms with Gasteiger partial charge in [0.2, 0.25) is 0 Å². The van der Waals surface area contributed by atoms with Gasteiger partial charge in [-0.2, -0.15) is 0 Å². The molecule has 0 aliphatic rings. The normalized spacial score (nSPS) is 10.4. The maximum absolute atomic E-state index is 13.2. The molecule has 0 aromatic heterocycles. The van der Waals surface area contributed by atoms with Gasteiger partial charge in [0.25, 0.3) is 5.91 Å². The quantitative estimate of drug-likeness (QED) is 0.835. The number of aryl methyl sites for hydroxylation is 1. The van der Waals surface area contributed by atoms with Crippen LogP contribution in [0, 0.1) is 12.7 Å². The molecule has 0 aliphatic carbocycles. The summed E-state index contributed by atoms with van der Waals surface area (Å²) in [6.45, 7) is 2.12. The van der Waals surface area contributed by atoms with Crippen molar-refractivity contribution < 1.29 is 9.18 Å². The molecule has 0 atom stereocenters. The fourth-order valence-corrected chi connectivity index (χ4v) is 2.06. The van der Waals surface area contributed by atoms with Gasteiger partial charge in [-0.25, -0.2) is 4.39 Å². The first-order valence-corrected chi connectivity index (χ1v) is 6.61. The first-order chi connectivity index (χ1) is 9.47. The minimum Gasteiger partial charge on any atom is -0.337 e. The van der Waals surface area contributed by atoms with Crippen molar-refractivity contribution in [1.82, 2.24) is 4.90 Å². The van der Waals surface area contributed by atoms with Crippen LogP contribution in [0.15, 0.2) is 42.5 Å². The van der Waals surface area contributed by atoms with E-state index in [1.807, 2.05) is 12.1 Å². The predicted octanol–water partition coefficient (Wildman–Crippen LogP) is 4.06. The third kappa shape index (κ3) is 3.36. The van der Waals surface area contributed by atoms with Gasteiger partial charge in [-0.1, -0.05) is 23.7 Å². The maximum Gasteiger partial charge on any atom is 0.253 e. The first kappa shape index (κ1) is 14.5. The van der Waals surface area contributed by atoms with E-state index >= 15 is 0 Å². The summed E-state index contributed by atoms with van der Waals surface area (Å²) >= 11 is 5.82. The lowest BCUT2D eigenvalue weighted by molar-refractivity contribution is 0.0785. The fraction of sp³-hybridized carbons (Fsp3) is 0.188. The third-order valence-electron chi connectivity index (χ3n) is 3.08. The summed E-state index contributed by atoms with van der Waals surface area (Å²) in [7, 11) is 1.72. The van der Waals surface area contributed by atoms with Crippen molar-refractivity contribution >= 4 is 17.5 Å². The van der Waals surface area contributed by atoms with Crippen LogP contribution < -0.4 is 0 Å². The van der Waals surface area contributed by atoms with Gasteiger partial charge >= 0.3 is 0 Å². The molecule has 0 fully saturated rings. The summed E-state index contributed by atoms with van der Waals surface area (Å²) in [5, 5.41) is 0.664. The minimum atomic E-state index is -0.304. The summed E-state index contributed by atoms with van der Waals surface area (Å²) in [6.07, 6.45) is 0. The number of halogens is 2. The van der Waals surface area contributed by atoms with Crippen LogP contribution in [-0.2, 0) is 6.54 Å². The molecular formula is C16H15ClFNO. The highest BCUT2D eigenvalue weighted by Gasteiger charge is 2.13. The Kier molecular flexibility index (Phi) is 4.40. The Labute approximate surface area is 122 Å². The third-order valence-corrected chi connectivity index (χ3v) is 3.34. The van der Waals surface area contributed by atoms with Crippen LogP contribution in [0.25, 0.3) is 0 Å². The van der Waals surface area contributed by atoms with E-state index in [9.17, 15) is 9.18 Å². The van der Waals surface area contributed by atoms with Gasteiger partial charge in [-0.3, -0.25) is 4.79 Å². The summed E-state index contributed by atoms with van der Waals surface area (Å²) in [5.41, 5.74) is 1.94. The lowest BCUT2D eigenvalue weighted by atomic mass is 10.1. The summed E-state index contributed by atoms with van der Waals surface area (Å²) in [5.74, 6) is -0.440. The monoisotopic (exact) mass is 291 g/mol. The molecular weight excluding hydrogens is 277 g/mol. The molecule has 0 heterocycles. The number of rotatable bonds is 3. The van der Waals surface area contributed by atoms with Crippen LogP contribution in [0.5, 0.6) is 0 Å². The van der Waals surface area contributed by atoms with E-state index in [0.717, 1.165) is 5.56 Å². The van der Waals surface area contributed by atoms with E-state index in [2.05, 4.69) is 0 Å². The van der Waals surface area contributed by atoms with Crippen molar-refractivity contribution in [3.8, 4) is 0 Å². The lowest BCUT2D eigenvalue weighted by Crippen LogP contribution is -2.26. The Bertz CT molecular complexity index is 625. The zero-order chi connectivity index (χ0) is 14.7. The number of nitrogens with zero attached hydrogens (tertiary/aromatic N) is 1. The molecule has 0 bridgehead atoms. The number of hydrogen-bond donors (Lipinski definition) is 0. The Morgan fingerprint density at radius 3 is 2.45 bits per heavy atom. The van der Waals surface area contributed by atoms with Crippen LogP contribution in [0.1, 0.15) is 21.5 Å². The van der Waals surface area contributed by atoms with Gasteiger partial charge in [0.1, 0.15) is 5.82 Å². The Balaban J connectivity index is 2.11.